The summed E-state index contributed by atoms with van der Waals surface area (Å²) >= 11 is 3.27. The van der Waals surface area contributed by atoms with Crippen molar-refractivity contribution in [3.05, 3.63) is 28.5 Å². The molecule has 2 atom stereocenters. The molecule has 88 valence electrons. The minimum atomic E-state index is -0.375. The summed E-state index contributed by atoms with van der Waals surface area (Å²) in [6, 6.07) is 4.60. The smallest absolute Gasteiger partial charge is 0.165 e. The standard InChI is InChI=1S/C12H14BrFO2/c1-12(2)10(15)6-11(12)16-9-5-7(13)3-4-8(9)14/h3-5,10-11,15H,6H2,1-2H3. The highest BCUT2D eigenvalue weighted by Crippen LogP contribution is 2.43. The SMILES string of the molecule is CC1(C)C(O)CC1Oc1cc(Br)ccc1F. The van der Waals surface area contributed by atoms with Gasteiger partial charge in [0.15, 0.2) is 11.6 Å². The number of hydrogen-bond acceptors (Lipinski definition) is 2. The van der Waals surface area contributed by atoms with E-state index in [1.807, 2.05) is 13.8 Å². The predicted molar refractivity (Wildman–Crippen MR) is 62.9 cm³/mol. The zero-order valence-electron chi connectivity index (χ0n) is 9.21. The van der Waals surface area contributed by atoms with E-state index in [4.69, 9.17) is 4.74 Å². The third-order valence-corrected chi connectivity index (χ3v) is 3.78. The highest BCUT2D eigenvalue weighted by Gasteiger charge is 2.49. The van der Waals surface area contributed by atoms with E-state index in [0.29, 0.717) is 6.42 Å². The Bertz CT molecular complexity index is 406. The Labute approximate surface area is 103 Å². The number of hydrogen-bond donors (Lipinski definition) is 1. The summed E-state index contributed by atoms with van der Waals surface area (Å²) in [7, 11) is 0. The molecule has 1 saturated carbocycles. The second-order valence-electron chi connectivity index (χ2n) is 4.75. The summed E-state index contributed by atoms with van der Waals surface area (Å²) in [4.78, 5) is 0. The number of aliphatic hydroxyl groups is 1. The average Bonchev–Trinajstić information content (AvgIpc) is 2.23. The largest absolute Gasteiger partial charge is 0.487 e. The van der Waals surface area contributed by atoms with Gasteiger partial charge in [0.1, 0.15) is 6.10 Å². The van der Waals surface area contributed by atoms with Gasteiger partial charge in [0.05, 0.1) is 6.10 Å². The Balaban J connectivity index is 2.13. The van der Waals surface area contributed by atoms with E-state index in [1.54, 1.807) is 12.1 Å². The van der Waals surface area contributed by atoms with Crippen molar-refractivity contribution in [2.24, 2.45) is 5.41 Å². The Hall–Kier alpha value is -0.610. The Morgan fingerprint density at radius 1 is 1.50 bits per heavy atom. The van der Waals surface area contributed by atoms with Gasteiger partial charge in [0.25, 0.3) is 0 Å². The molecule has 2 unspecified atom stereocenters. The fourth-order valence-corrected chi connectivity index (χ4v) is 2.13. The van der Waals surface area contributed by atoms with E-state index in [1.165, 1.54) is 6.07 Å². The maximum Gasteiger partial charge on any atom is 0.165 e. The first-order chi connectivity index (χ1) is 7.41. The van der Waals surface area contributed by atoms with Crippen molar-refractivity contribution in [3.63, 3.8) is 0 Å². The quantitative estimate of drug-likeness (QED) is 0.906. The van der Waals surface area contributed by atoms with Crippen molar-refractivity contribution in [1.82, 2.24) is 0 Å². The lowest BCUT2D eigenvalue weighted by Crippen LogP contribution is -2.56. The molecule has 0 aromatic heterocycles. The molecule has 1 aromatic rings. The molecule has 0 bridgehead atoms. The fraction of sp³-hybridized carbons (Fsp3) is 0.500. The van der Waals surface area contributed by atoms with Gasteiger partial charge in [-0.15, -0.1) is 0 Å². The van der Waals surface area contributed by atoms with Crippen LogP contribution in [0.15, 0.2) is 22.7 Å². The van der Waals surface area contributed by atoms with Crippen LogP contribution in [0.1, 0.15) is 20.3 Å². The molecule has 0 spiro atoms. The van der Waals surface area contributed by atoms with Crippen LogP contribution < -0.4 is 4.74 Å². The lowest BCUT2D eigenvalue weighted by molar-refractivity contribution is -0.135. The van der Waals surface area contributed by atoms with Gasteiger partial charge >= 0.3 is 0 Å². The summed E-state index contributed by atoms with van der Waals surface area (Å²) in [6.07, 6.45) is 0.0536. The monoisotopic (exact) mass is 288 g/mol. The highest BCUT2D eigenvalue weighted by molar-refractivity contribution is 9.10. The van der Waals surface area contributed by atoms with Crippen molar-refractivity contribution in [2.45, 2.75) is 32.5 Å². The molecule has 0 radical (unpaired) electrons. The van der Waals surface area contributed by atoms with E-state index < -0.39 is 0 Å². The summed E-state index contributed by atoms with van der Waals surface area (Å²) in [6.45, 7) is 3.84. The Morgan fingerprint density at radius 3 is 2.75 bits per heavy atom. The molecule has 0 aliphatic heterocycles. The molecule has 0 saturated heterocycles. The van der Waals surface area contributed by atoms with E-state index >= 15 is 0 Å². The molecule has 1 aliphatic rings. The molecule has 4 heteroatoms. The second-order valence-corrected chi connectivity index (χ2v) is 5.67. The molecule has 1 fully saturated rings. The Kier molecular flexibility index (Phi) is 2.97. The minimum Gasteiger partial charge on any atom is -0.487 e. The number of ether oxygens (including phenoxy) is 1. The Morgan fingerprint density at radius 2 is 2.19 bits per heavy atom. The molecule has 0 amide bonds. The van der Waals surface area contributed by atoms with Crippen LogP contribution in [-0.2, 0) is 0 Å². The van der Waals surface area contributed by atoms with Crippen molar-refractivity contribution in [3.8, 4) is 5.75 Å². The minimum absolute atomic E-state index is 0.133. The molecule has 0 heterocycles. The highest BCUT2D eigenvalue weighted by atomic mass is 79.9. The third-order valence-electron chi connectivity index (χ3n) is 3.29. The fourth-order valence-electron chi connectivity index (χ4n) is 1.79. The lowest BCUT2D eigenvalue weighted by atomic mass is 9.66. The molecule has 1 aliphatic carbocycles. The van der Waals surface area contributed by atoms with E-state index in [9.17, 15) is 9.50 Å². The first-order valence-corrected chi connectivity index (χ1v) is 6.00. The maximum absolute atomic E-state index is 13.4. The molecule has 16 heavy (non-hydrogen) atoms. The van der Waals surface area contributed by atoms with Gasteiger partial charge in [-0.05, 0) is 18.2 Å². The average molecular weight is 289 g/mol. The normalized spacial score (nSPS) is 27.3. The summed E-state index contributed by atoms with van der Waals surface area (Å²) in [5.74, 6) is -0.139. The van der Waals surface area contributed by atoms with Crippen molar-refractivity contribution in [2.75, 3.05) is 0 Å². The topological polar surface area (TPSA) is 29.5 Å². The van der Waals surface area contributed by atoms with Gasteiger partial charge in [-0.25, -0.2) is 4.39 Å². The van der Waals surface area contributed by atoms with Gasteiger partial charge in [-0.1, -0.05) is 29.8 Å². The van der Waals surface area contributed by atoms with Crippen LogP contribution in [0.4, 0.5) is 4.39 Å². The van der Waals surface area contributed by atoms with Crippen LogP contribution in [-0.4, -0.2) is 17.3 Å². The van der Waals surface area contributed by atoms with Gasteiger partial charge in [0.2, 0.25) is 0 Å². The van der Waals surface area contributed by atoms with Crippen LogP contribution in [0.5, 0.6) is 5.75 Å². The van der Waals surface area contributed by atoms with E-state index in [-0.39, 0.29) is 29.2 Å². The van der Waals surface area contributed by atoms with Crippen LogP contribution in [0.3, 0.4) is 0 Å². The van der Waals surface area contributed by atoms with Gasteiger partial charge in [-0.2, -0.15) is 0 Å². The first kappa shape index (κ1) is 11.9. The van der Waals surface area contributed by atoms with Gasteiger partial charge < -0.3 is 9.84 Å². The van der Waals surface area contributed by atoms with Crippen molar-refractivity contribution >= 4 is 15.9 Å². The van der Waals surface area contributed by atoms with Crippen molar-refractivity contribution in [1.29, 1.82) is 0 Å². The van der Waals surface area contributed by atoms with Crippen molar-refractivity contribution < 1.29 is 14.2 Å². The van der Waals surface area contributed by atoms with Crippen LogP contribution in [0, 0.1) is 11.2 Å². The zero-order chi connectivity index (χ0) is 11.9. The molecule has 1 aromatic carbocycles. The number of benzene rings is 1. The molecular formula is C12H14BrFO2. The van der Waals surface area contributed by atoms with Crippen LogP contribution in [0.25, 0.3) is 0 Å². The number of aliphatic hydroxyl groups excluding tert-OH is 1. The predicted octanol–water partition coefficient (Wildman–Crippen LogP) is 3.13. The number of halogens is 2. The zero-order valence-corrected chi connectivity index (χ0v) is 10.8. The maximum atomic E-state index is 13.4. The summed E-state index contributed by atoms with van der Waals surface area (Å²) in [5, 5.41) is 9.57. The summed E-state index contributed by atoms with van der Waals surface area (Å²) < 4.78 is 19.8. The van der Waals surface area contributed by atoms with Gasteiger partial charge in [-0.3, -0.25) is 0 Å². The third kappa shape index (κ3) is 1.96. The number of rotatable bonds is 2. The summed E-state index contributed by atoms with van der Waals surface area (Å²) in [5.41, 5.74) is -0.311. The van der Waals surface area contributed by atoms with Crippen LogP contribution >= 0.6 is 15.9 Å². The molecule has 1 N–H and O–H groups in total. The first-order valence-electron chi connectivity index (χ1n) is 5.21. The second kappa shape index (κ2) is 4.00. The molecule has 2 rings (SSSR count). The van der Waals surface area contributed by atoms with Gasteiger partial charge in [0, 0.05) is 16.3 Å². The van der Waals surface area contributed by atoms with E-state index in [0.717, 1.165) is 4.47 Å². The lowest BCUT2D eigenvalue weighted by Gasteiger charge is -2.48. The van der Waals surface area contributed by atoms with E-state index in [2.05, 4.69) is 15.9 Å². The molecular weight excluding hydrogens is 275 g/mol. The van der Waals surface area contributed by atoms with Crippen LogP contribution in [0.2, 0.25) is 0 Å². The molecule has 2 nitrogen and oxygen atoms in total.